The summed E-state index contributed by atoms with van der Waals surface area (Å²) in [5.41, 5.74) is 3.56. The smallest absolute Gasteiger partial charge is 0.216 e. The molecule has 0 bridgehead atoms. The van der Waals surface area contributed by atoms with E-state index in [0.29, 0.717) is 19.1 Å². The number of hydrogen-bond donors (Lipinski definition) is 0. The van der Waals surface area contributed by atoms with Gasteiger partial charge < -0.3 is 14.4 Å². The highest BCUT2D eigenvalue weighted by Crippen LogP contribution is 2.45. The quantitative estimate of drug-likeness (QED) is 0.721. The fraction of sp³-hybridized carbons (Fsp3) is 0.458. The largest absolute Gasteiger partial charge is 0.475 e. The van der Waals surface area contributed by atoms with Crippen LogP contribution >= 0.6 is 0 Å². The monoisotopic (exact) mass is 396 g/mol. The van der Waals surface area contributed by atoms with Crippen LogP contribution in [-0.2, 0) is 21.7 Å². The number of halogens is 1. The van der Waals surface area contributed by atoms with Gasteiger partial charge in [0.25, 0.3) is 0 Å². The Morgan fingerprint density at radius 1 is 1.10 bits per heavy atom. The Morgan fingerprint density at radius 2 is 1.86 bits per heavy atom. The standard InChI is InChI=1S/C24H29FN2O2/c1-23(2)16-28-22(26-23)17-6-11-21-18(14-17)15-29-24(21,12-5-13-27(3)4)19-7-9-20(25)10-8-19/h6-11,14H,5,12-13,15-16H2,1-4H3/t24-/m0/s1. The average molecular weight is 397 g/mol. The van der Waals surface area contributed by atoms with Crippen LogP contribution in [0.5, 0.6) is 0 Å². The molecule has 0 saturated carbocycles. The van der Waals surface area contributed by atoms with Crippen LogP contribution in [0.15, 0.2) is 47.5 Å². The van der Waals surface area contributed by atoms with Gasteiger partial charge >= 0.3 is 0 Å². The van der Waals surface area contributed by atoms with Gasteiger partial charge in [-0.2, -0.15) is 0 Å². The first-order valence-corrected chi connectivity index (χ1v) is 10.2. The molecule has 5 heteroatoms. The summed E-state index contributed by atoms with van der Waals surface area (Å²) in [5.74, 6) is 0.467. The summed E-state index contributed by atoms with van der Waals surface area (Å²) in [4.78, 5) is 6.87. The van der Waals surface area contributed by atoms with Gasteiger partial charge in [0, 0.05) is 5.56 Å². The molecule has 2 heterocycles. The molecule has 4 nitrogen and oxygen atoms in total. The van der Waals surface area contributed by atoms with Gasteiger partial charge in [-0.3, -0.25) is 0 Å². The number of ether oxygens (including phenoxy) is 2. The first kappa shape index (κ1) is 20.0. The Bertz CT molecular complexity index is 921. The van der Waals surface area contributed by atoms with Crippen LogP contribution in [-0.4, -0.2) is 43.6 Å². The zero-order chi connectivity index (χ0) is 20.6. The third-order valence-electron chi connectivity index (χ3n) is 5.67. The second-order valence-corrected chi connectivity index (χ2v) is 8.92. The Morgan fingerprint density at radius 3 is 2.52 bits per heavy atom. The lowest BCUT2D eigenvalue weighted by molar-refractivity contribution is -0.0140. The van der Waals surface area contributed by atoms with Crippen molar-refractivity contribution in [2.24, 2.45) is 4.99 Å². The van der Waals surface area contributed by atoms with Crippen molar-refractivity contribution < 1.29 is 13.9 Å². The molecule has 1 atom stereocenters. The minimum absolute atomic E-state index is 0.186. The number of hydrogen-bond acceptors (Lipinski definition) is 4. The van der Waals surface area contributed by atoms with E-state index in [1.807, 2.05) is 12.1 Å². The predicted octanol–water partition coefficient (Wildman–Crippen LogP) is 4.50. The van der Waals surface area contributed by atoms with Gasteiger partial charge in [0.15, 0.2) is 0 Å². The predicted molar refractivity (Wildman–Crippen MR) is 113 cm³/mol. The van der Waals surface area contributed by atoms with Crippen molar-refractivity contribution in [1.29, 1.82) is 0 Å². The third-order valence-corrected chi connectivity index (χ3v) is 5.67. The van der Waals surface area contributed by atoms with Gasteiger partial charge in [-0.05, 0) is 88.3 Å². The fourth-order valence-corrected chi connectivity index (χ4v) is 4.20. The number of aliphatic imine (C=N–C) groups is 1. The lowest BCUT2D eigenvalue weighted by Gasteiger charge is -2.31. The van der Waals surface area contributed by atoms with Gasteiger partial charge in [-0.25, -0.2) is 9.38 Å². The Labute approximate surface area is 172 Å². The molecule has 2 aliphatic rings. The van der Waals surface area contributed by atoms with E-state index < -0.39 is 5.60 Å². The van der Waals surface area contributed by atoms with Crippen molar-refractivity contribution in [3.8, 4) is 0 Å². The first-order chi connectivity index (χ1) is 13.8. The van der Waals surface area contributed by atoms with Gasteiger partial charge in [0.1, 0.15) is 18.0 Å². The molecule has 0 amide bonds. The second-order valence-electron chi connectivity index (χ2n) is 8.92. The Kier molecular flexibility index (Phi) is 5.21. The number of rotatable bonds is 6. The number of fused-ring (bicyclic) bond motifs is 1. The van der Waals surface area contributed by atoms with Crippen molar-refractivity contribution in [2.75, 3.05) is 27.2 Å². The van der Waals surface area contributed by atoms with E-state index in [0.717, 1.165) is 41.6 Å². The van der Waals surface area contributed by atoms with Crippen molar-refractivity contribution in [2.45, 2.75) is 44.4 Å². The SMILES string of the molecule is CN(C)CCC[C@@]1(c2ccc(F)cc2)OCc2cc(C3=NC(C)(C)CO3)ccc21. The van der Waals surface area contributed by atoms with Crippen LogP contribution in [0.1, 0.15) is 48.9 Å². The normalized spacial score (nSPS) is 22.5. The minimum Gasteiger partial charge on any atom is -0.475 e. The molecule has 0 fully saturated rings. The third kappa shape index (κ3) is 3.94. The molecular formula is C24H29FN2O2. The molecule has 29 heavy (non-hydrogen) atoms. The number of nitrogens with zero attached hydrogens (tertiary/aromatic N) is 2. The summed E-state index contributed by atoms with van der Waals surface area (Å²) < 4.78 is 25.8. The summed E-state index contributed by atoms with van der Waals surface area (Å²) in [6, 6.07) is 13.1. The molecule has 2 aliphatic heterocycles. The highest BCUT2D eigenvalue weighted by molar-refractivity contribution is 5.95. The lowest BCUT2D eigenvalue weighted by atomic mass is 9.81. The van der Waals surface area contributed by atoms with Crippen LogP contribution in [0, 0.1) is 5.82 Å². The van der Waals surface area contributed by atoms with Crippen LogP contribution < -0.4 is 0 Å². The van der Waals surface area contributed by atoms with E-state index in [1.54, 1.807) is 0 Å². The van der Waals surface area contributed by atoms with Gasteiger partial charge in [0.05, 0.1) is 12.1 Å². The highest BCUT2D eigenvalue weighted by Gasteiger charge is 2.41. The molecule has 0 unspecified atom stereocenters. The molecule has 154 valence electrons. The Balaban J connectivity index is 1.70. The minimum atomic E-state index is -0.546. The molecule has 0 aliphatic carbocycles. The highest BCUT2D eigenvalue weighted by atomic mass is 19.1. The molecule has 2 aromatic carbocycles. The Hall–Kier alpha value is -2.24. The van der Waals surface area contributed by atoms with Crippen molar-refractivity contribution in [3.63, 3.8) is 0 Å². The maximum atomic E-state index is 13.6. The zero-order valence-corrected chi connectivity index (χ0v) is 17.7. The second kappa shape index (κ2) is 7.54. The number of benzene rings is 2. The molecule has 4 rings (SSSR count). The molecule has 0 radical (unpaired) electrons. The summed E-state index contributed by atoms with van der Waals surface area (Å²) in [7, 11) is 4.15. The van der Waals surface area contributed by atoms with E-state index in [-0.39, 0.29) is 11.4 Å². The van der Waals surface area contributed by atoms with E-state index in [9.17, 15) is 4.39 Å². The maximum absolute atomic E-state index is 13.6. The molecule has 0 aromatic heterocycles. The van der Waals surface area contributed by atoms with E-state index in [1.165, 1.54) is 12.1 Å². The topological polar surface area (TPSA) is 34.1 Å². The average Bonchev–Trinajstić information content (AvgIpc) is 3.22. The summed E-state index contributed by atoms with van der Waals surface area (Å²) in [6.45, 7) is 6.24. The van der Waals surface area contributed by atoms with Crippen LogP contribution in [0.25, 0.3) is 0 Å². The van der Waals surface area contributed by atoms with E-state index >= 15 is 0 Å². The summed E-state index contributed by atoms with van der Waals surface area (Å²) in [5, 5.41) is 0. The van der Waals surface area contributed by atoms with Crippen molar-refractivity contribution in [3.05, 3.63) is 70.5 Å². The van der Waals surface area contributed by atoms with Gasteiger partial charge in [-0.1, -0.05) is 18.2 Å². The maximum Gasteiger partial charge on any atom is 0.216 e. The molecule has 0 saturated heterocycles. The van der Waals surface area contributed by atoms with Crippen LogP contribution in [0.4, 0.5) is 4.39 Å². The first-order valence-electron chi connectivity index (χ1n) is 10.2. The van der Waals surface area contributed by atoms with Gasteiger partial charge in [-0.15, -0.1) is 0 Å². The van der Waals surface area contributed by atoms with Crippen molar-refractivity contribution >= 4 is 5.90 Å². The van der Waals surface area contributed by atoms with Crippen molar-refractivity contribution in [1.82, 2.24) is 4.90 Å². The zero-order valence-electron chi connectivity index (χ0n) is 17.7. The van der Waals surface area contributed by atoms with Crippen LogP contribution in [0.2, 0.25) is 0 Å². The summed E-state index contributed by atoms with van der Waals surface area (Å²) >= 11 is 0. The van der Waals surface area contributed by atoms with Gasteiger partial charge in [0.2, 0.25) is 5.90 Å². The van der Waals surface area contributed by atoms with Crippen LogP contribution in [0.3, 0.4) is 0 Å². The molecule has 2 aromatic rings. The molecule has 0 N–H and O–H groups in total. The fourth-order valence-electron chi connectivity index (χ4n) is 4.20. The van der Waals surface area contributed by atoms with E-state index in [2.05, 4.69) is 51.0 Å². The molecule has 0 spiro atoms. The summed E-state index contributed by atoms with van der Waals surface area (Å²) in [6.07, 6.45) is 1.82. The molecular weight excluding hydrogens is 367 g/mol. The van der Waals surface area contributed by atoms with E-state index in [4.69, 9.17) is 14.5 Å². The lowest BCUT2D eigenvalue weighted by Crippen LogP contribution is -2.28.